The largest absolute Gasteiger partial charge is 0.394 e. The van der Waals surface area contributed by atoms with E-state index in [0.29, 0.717) is 45.6 Å². The number of aliphatic hydroxyl groups is 1. The summed E-state index contributed by atoms with van der Waals surface area (Å²) in [5.41, 5.74) is 0. The van der Waals surface area contributed by atoms with E-state index in [4.69, 9.17) is 9.84 Å². The highest BCUT2D eigenvalue weighted by molar-refractivity contribution is 7.86. The number of aliphatic hydroxyl groups excluding tert-OH is 1. The van der Waals surface area contributed by atoms with Crippen LogP contribution in [0, 0.1) is 0 Å². The lowest BCUT2D eigenvalue weighted by molar-refractivity contribution is 0.00257. The van der Waals surface area contributed by atoms with E-state index in [1.165, 1.54) is 0 Å². The number of hydrogen-bond donors (Lipinski definition) is 1. The van der Waals surface area contributed by atoms with Gasteiger partial charge in [0, 0.05) is 26.2 Å². The minimum absolute atomic E-state index is 0.0201. The molecule has 0 aromatic heterocycles. The summed E-state index contributed by atoms with van der Waals surface area (Å²) in [5, 5.41) is 8.74. The second-order valence-corrected chi connectivity index (χ2v) is 7.44. The summed E-state index contributed by atoms with van der Waals surface area (Å²) in [7, 11) is -3.29. The van der Waals surface area contributed by atoms with E-state index in [1.807, 2.05) is 0 Å². The third-order valence-electron chi connectivity index (χ3n) is 4.06. The van der Waals surface area contributed by atoms with Gasteiger partial charge >= 0.3 is 0 Å². The predicted molar refractivity (Wildman–Crippen MR) is 76.6 cm³/mol. The molecule has 118 valence electrons. The van der Waals surface area contributed by atoms with Gasteiger partial charge in [0.15, 0.2) is 0 Å². The van der Waals surface area contributed by atoms with Gasteiger partial charge in [0.1, 0.15) is 0 Å². The first kappa shape index (κ1) is 16.2. The summed E-state index contributed by atoms with van der Waals surface area (Å²) in [4.78, 5) is 0. The highest BCUT2D eigenvalue weighted by Crippen LogP contribution is 2.21. The summed E-state index contributed by atoms with van der Waals surface area (Å²) < 4.78 is 33.9. The molecule has 0 spiro atoms. The van der Waals surface area contributed by atoms with Gasteiger partial charge in [-0.05, 0) is 25.7 Å². The van der Waals surface area contributed by atoms with Crippen molar-refractivity contribution in [1.29, 1.82) is 0 Å². The van der Waals surface area contributed by atoms with Crippen LogP contribution in [0.15, 0.2) is 0 Å². The molecule has 0 atom stereocenters. The van der Waals surface area contributed by atoms with Crippen LogP contribution < -0.4 is 0 Å². The minimum Gasteiger partial charge on any atom is -0.394 e. The van der Waals surface area contributed by atoms with Crippen molar-refractivity contribution in [1.82, 2.24) is 8.61 Å². The molecule has 0 aromatic rings. The molecule has 2 rings (SSSR count). The van der Waals surface area contributed by atoms with Crippen molar-refractivity contribution in [3.05, 3.63) is 0 Å². The third kappa shape index (κ3) is 4.14. The summed E-state index contributed by atoms with van der Waals surface area (Å²) in [6.07, 6.45) is 5.70. The maximum absolute atomic E-state index is 12.6. The van der Waals surface area contributed by atoms with E-state index in [9.17, 15) is 8.42 Å². The van der Waals surface area contributed by atoms with Crippen molar-refractivity contribution < 1.29 is 18.3 Å². The maximum atomic E-state index is 12.6. The molecular formula is C13H26N2O4S. The Hall–Kier alpha value is -0.210. The molecule has 2 saturated heterocycles. The predicted octanol–water partition coefficient (Wildman–Crippen LogP) is 0.580. The van der Waals surface area contributed by atoms with Crippen molar-refractivity contribution in [3.8, 4) is 0 Å². The highest BCUT2D eigenvalue weighted by atomic mass is 32.2. The molecule has 7 heteroatoms. The van der Waals surface area contributed by atoms with Crippen LogP contribution in [0.4, 0.5) is 0 Å². The number of nitrogens with zero attached hydrogens (tertiary/aromatic N) is 2. The first-order valence-electron chi connectivity index (χ1n) is 7.62. The van der Waals surface area contributed by atoms with Gasteiger partial charge in [-0.1, -0.05) is 12.8 Å². The van der Waals surface area contributed by atoms with Crippen molar-refractivity contribution in [2.45, 2.75) is 44.6 Å². The van der Waals surface area contributed by atoms with Gasteiger partial charge < -0.3 is 9.84 Å². The molecule has 0 bridgehead atoms. The van der Waals surface area contributed by atoms with E-state index in [1.54, 1.807) is 8.61 Å². The summed E-state index contributed by atoms with van der Waals surface area (Å²) in [6, 6.07) is 0. The van der Waals surface area contributed by atoms with Crippen LogP contribution in [-0.4, -0.2) is 67.6 Å². The Labute approximate surface area is 121 Å². The zero-order chi connectivity index (χ0) is 14.4. The molecule has 1 N–H and O–H groups in total. The Bertz CT molecular complexity index is 372. The Kier molecular flexibility index (Phi) is 6.22. The molecule has 2 aliphatic rings. The molecular weight excluding hydrogens is 280 g/mol. The van der Waals surface area contributed by atoms with Gasteiger partial charge in [-0.25, -0.2) is 0 Å². The lowest BCUT2D eigenvalue weighted by atomic mass is 10.1. The van der Waals surface area contributed by atoms with Gasteiger partial charge in [-0.3, -0.25) is 0 Å². The zero-order valence-corrected chi connectivity index (χ0v) is 12.9. The monoisotopic (exact) mass is 306 g/mol. The fourth-order valence-corrected chi connectivity index (χ4v) is 4.60. The van der Waals surface area contributed by atoms with Crippen LogP contribution in [0.5, 0.6) is 0 Å². The molecule has 0 aliphatic carbocycles. The van der Waals surface area contributed by atoms with E-state index >= 15 is 0 Å². The number of piperidine rings is 1. The van der Waals surface area contributed by atoms with E-state index in [2.05, 4.69) is 0 Å². The second kappa shape index (κ2) is 7.70. The fraction of sp³-hybridized carbons (Fsp3) is 1.00. The first-order valence-corrected chi connectivity index (χ1v) is 9.02. The summed E-state index contributed by atoms with van der Waals surface area (Å²) >= 11 is 0. The molecule has 0 unspecified atom stereocenters. The van der Waals surface area contributed by atoms with E-state index in [0.717, 1.165) is 25.7 Å². The lowest BCUT2D eigenvalue weighted by Gasteiger charge is -2.34. The molecule has 2 fully saturated rings. The molecule has 6 nitrogen and oxygen atoms in total. The van der Waals surface area contributed by atoms with Gasteiger partial charge in [0.05, 0.1) is 19.3 Å². The Morgan fingerprint density at radius 1 is 0.950 bits per heavy atom. The molecule has 2 aliphatic heterocycles. The topological polar surface area (TPSA) is 70.1 Å². The van der Waals surface area contributed by atoms with Gasteiger partial charge in [-0.2, -0.15) is 17.0 Å². The standard InChI is InChI=1S/C13H26N2O4S/c16-11-12-19-13-5-9-15(10-6-13)20(17,18)14-7-3-1-2-4-8-14/h13,16H,1-12H2. The summed E-state index contributed by atoms with van der Waals surface area (Å²) in [6.45, 7) is 2.71. The SMILES string of the molecule is O=S(=O)(N1CCCCCC1)N1CCC(OCCO)CC1. The van der Waals surface area contributed by atoms with Crippen LogP contribution in [0.25, 0.3) is 0 Å². The zero-order valence-electron chi connectivity index (χ0n) is 12.0. The number of rotatable bonds is 5. The maximum Gasteiger partial charge on any atom is 0.281 e. The van der Waals surface area contributed by atoms with Crippen molar-refractivity contribution >= 4 is 10.2 Å². The van der Waals surface area contributed by atoms with Crippen LogP contribution in [-0.2, 0) is 14.9 Å². The van der Waals surface area contributed by atoms with Crippen molar-refractivity contribution in [3.63, 3.8) is 0 Å². The van der Waals surface area contributed by atoms with E-state index < -0.39 is 10.2 Å². The Morgan fingerprint density at radius 3 is 2.05 bits per heavy atom. The van der Waals surface area contributed by atoms with E-state index in [-0.39, 0.29) is 12.7 Å². The average molecular weight is 306 g/mol. The lowest BCUT2D eigenvalue weighted by Crippen LogP contribution is -2.48. The molecule has 2 heterocycles. The van der Waals surface area contributed by atoms with Gasteiger partial charge in [0.25, 0.3) is 10.2 Å². The third-order valence-corrected chi connectivity index (χ3v) is 6.10. The summed E-state index contributed by atoms with van der Waals surface area (Å²) in [5.74, 6) is 0. The van der Waals surface area contributed by atoms with Crippen molar-refractivity contribution in [2.24, 2.45) is 0 Å². The normalized spacial score (nSPS) is 24.6. The van der Waals surface area contributed by atoms with Crippen LogP contribution in [0.1, 0.15) is 38.5 Å². The van der Waals surface area contributed by atoms with Crippen LogP contribution in [0.3, 0.4) is 0 Å². The fourth-order valence-electron chi connectivity index (χ4n) is 2.88. The highest BCUT2D eigenvalue weighted by Gasteiger charge is 2.33. The van der Waals surface area contributed by atoms with Crippen LogP contribution >= 0.6 is 0 Å². The number of hydrogen-bond acceptors (Lipinski definition) is 4. The average Bonchev–Trinajstić information content (AvgIpc) is 2.75. The minimum atomic E-state index is -3.29. The second-order valence-electron chi connectivity index (χ2n) is 5.51. The molecule has 0 amide bonds. The molecule has 0 radical (unpaired) electrons. The Morgan fingerprint density at radius 2 is 1.50 bits per heavy atom. The van der Waals surface area contributed by atoms with Gasteiger partial charge in [-0.15, -0.1) is 0 Å². The smallest absolute Gasteiger partial charge is 0.281 e. The van der Waals surface area contributed by atoms with Gasteiger partial charge in [0.2, 0.25) is 0 Å². The molecule has 0 aromatic carbocycles. The first-order chi connectivity index (χ1) is 9.64. The number of ether oxygens (including phenoxy) is 1. The quantitative estimate of drug-likeness (QED) is 0.807. The van der Waals surface area contributed by atoms with Crippen molar-refractivity contribution in [2.75, 3.05) is 39.4 Å². The molecule has 20 heavy (non-hydrogen) atoms. The van der Waals surface area contributed by atoms with Crippen LogP contribution in [0.2, 0.25) is 0 Å². The molecule has 0 saturated carbocycles. The Balaban J connectivity index is 1.87.